The average Bonchev–Trinajstić information content (AvgIpc) is 2.34. The molecular formula is C13H12F2N2S. The van der Waals surface area contributed by atoms with Crippen molar-refractivity contribution in [1.29, 1.82) is 0 Å². The number of rotatable bonds is 3. The molecule has 1 aromatic carbocycles. The van der Waals surface area contributed by atoms with Crippen LogP contribution in [0.4, 0.5) is 8.78 Å². The minimum atomic E-state index is -0.459. The highest BCUT2D eigenvalue weighted by atomic mass is 32.2. The molecule has 0 aliphatic carbocycles. The van der Waals surface area contributed by atoms with Gasteiger partial charge in [0, 0.05) is 17.1 Å². The second-order valence-electron chi connectivity index (χ2n) is 3.88. The maximum absolute atomic E-state index is 13.4. The molecule has 2 aromatic rings. The number of nitrogens with two attached hydrogens (primary N) is 1. The summed E-state index contributed by atoms with van der Waals surface area (Å²) in [5.41, 5.74) is 6.44. The minimum Gasteiger partial charge on any atom is -0.323 e. The van der Waals surface area contributed by atoms with Gasteiger partial charge in [-0.2, -0.15) is 0 Å². The Kier molecular flexibility index (Phi) is 3.93. The van der Waals surface area contributed by atoms with Gasteiger partial charge in [0.2, 0.25) is 0 Å². The van der Waals surface area contributed by atoms with E-state index in [1.54, 1.807) is 18.3 Å². The van der Waals surface area contributed by atoms with E-state index < -0.39 is 11.6 Å². The first-order chi connectivity index (χ1) is 8.56. The smallest absolute Gasteiger partial charge is 0.137 e. The second kappa shape index (κ2) is 5.46. The van der Waals surface area contributed by atoms with Gasteiger partial charge in [0.1, 0.15) is 11.6 Å². The summed E-state index contributed by atoms with van der Waals surface area (Å²) < 4.78 is 26.4. The topological polar surface area (TPSA) is 38.9 Å². The lowest BCUT2D eigenvalue weighted by molar-refractivity contribution is 0.577. The number of halogens is 2. The third-order valence-corrected chi connectivity index (χ3v) is 3.36. The van der Waals surface area contributed by atoms with Gasteiger partial charge in [0.15, 0.2) is 0 Å². The monoisotopic (exact) mass is 266 g/mol. The minimum absolute atomic E-state index is 0.144. The van der Waals surface area contributed by atoms with E-state index in [1.165, 1.54) is 6.07 Å². The molecule has 1 heterocycles. The Balaban J connectivity index is 2.21. The van der Waals surface area contributed by atoms with Gasteiger partial charge in [-0.3, -0.25) is 4.98 Å². The molecular weight excluding hydrogens is 254 g/mol. The van der Waals surface area contributed by atoms with Crippen LogP contribution >= 0.6 is 11.8 Å². The molecule has 2 rings (SSSR count). The third-order valence-electron chi connectivity index (χ3n) is 2.35. The molecule has 0 aliphatic heterocycles. The molecule has 0 aliphatic rings. The zero-order valence-electron chi connectivity index (χ0n) is 9.73. The summed E-state index contributed by atoms with van der Waals surface area (Å²) in [5.74, 6) is -0.906. The molecule has 0 unspecified atom stereocenters. The fourth-order valence-corrected chi connectivity index (χ4v) is 2.24. The molecule has 2 nitrogen and oxygen atoms in total. The van der Waals surface area contributed by atoms with E-state index in [0.29, 0.717) is 0 Å². The van der Waals surface area contributed by atoms with Crippen molar-refractivity contribution >= 4 is 11.8 Å². The number of aromatic nitrogens is 1. The van der Waals surface area contributed by atoms with E-state index in [-0.39, 0.29) is 10.9 Å². The number of benzene rings is 1. The number of hydrogen-bond acceptors (Lipinski definition) is 3. The first-order valence-electron chi connectivity index (χ1n) is 5.40. The second-order valence-corrected chi connectivity index (χ2v) is 5.00. The number of nitrogens with zero attached hydrogens (tertiary/aromatic N) is 1. The van der Waals surface area contributed by atoms with Crippen LogP contribution in [0.1, 0.15) is 18.7 Å². The molecule has 0 saturated carbocycles. The summed E-state index contributed by atoms with van der Waals surface area (Å²) >= 11 is 1.13. The van der Waals surface area contributed by atoms with Gasteiger partial charge < -0.3 is 5.73 Å². The first kappa shape index (κ1) is 13.0. The fraction of sp³-hybridized carbons (Fsp3) is 0.154. The molecule has 1 atom stereocenters. The molecule has 0 amide bonds. The number of pyridine rings is 1. The summed E-state index contributed by atoms with van der Waals surface area (Å²) in [5, 5.41) is 0. The van der Waals surface area contributed by atoms with Gasteiger partial charge >= 0.3 is 0 Å². The van der Waals surface area contributed by atoms with Gasteiger partial charge in [0.05, 0.1) is 10.6 Å². The first-order valence-corrected chi connectivity index (χ1v) is 6.22. The van der Waals surface area contributed by atoms with Crippen LogP contribution in [-0.4, -0.2) is 4.98 Å². The van der Waals surface area contributed by atoms with Crippen molar-refractivity contribution in [2.24, 2.45) is 5.73 Å². The molecule has 5 heteroatoms. The predicted octanol–water partition coefficient (Wildman–Crippen LogP) is 3.53. The van der Waals surface area contributed by atoms with E-state index in [1.807, 2.05) is 6.92 Å². The van der Waals surface area contributed by atoms with Crippen molar-refractivity contribution in [2.75, 3.05) is 0 Å². The summed E-state index contributed by atoms with van der Waals surface area (Å²) in [6.07, 6.45) is 1.60. The Labute approximate surface area is 108 Å². The van der Waals surface area contributed by atoms with E-state index in [4.69, 9.17) is 5.73 Å². The van der Waals surface area contributed by atoms with Crippen LogP contribution in [0.15, 0.2) is 46.3 Å². The summed E-state index contributed by atoms with van der Waals surface area (Å²) in [6, 6.07) is 6.80. The molecule has 0 bridgehead atoms. The van der Waals surface area contributed by atoms with E-state index in [0.717, 1.165) is 34.5 Å². The van der Waals surface area contributed by atoms with E-state index in [2.05, 4.69) is 4.98 Å². The Morgan fingerprint density at radius 1 is 1.22 bits per heavy atom. The predicted molar refractivity (Wildman–Crippen MR) is 67.3 cm³/mol. The molecule has 0 spiro atoms. The van der Waals surface area contributed by atoms with Gasteiger partial charge in [-0.15, -0.1) is 0 Å². The Bertz CT molecular complexity index is 541. The molecule has 0 fully saturated rings. The molecule has 0 radical (unpaired) electrons. The Hall–Kier alpha value is -1.46. The fourth-order valence-electron chi connectivity index (χ4n) is 1.40. The van der Waals surface area contributed by atoms with Gasteiger partial charge in [-0.05, 0) is 37.3 Å². The standard InChI is InChI=1S/C13H12F2N2S/c1-8(16)12-5-3-10(7-17-12)18-13-6-9(14)2-4-11(13)15/h2-8H,16H2,1H3/t8-/m0/s1. The zero-order valence-corrected chi connectivity index (χ0v) is 10.5. The maximum atomic E-state index is 13.4. The summed E-state index contributed by atoms with van der Waals surface area (Å²) in [7, 11) is 0. The van der Waals surface area contributed by atoms with Gasteiger partial charge in [0.25, 0.3) is 0 Å². The van der Waals surface area contributed by atoms with Crippen molar-refractivity contribution in [2.45, 2.75) is 22.8 Å². The van der Waals surface area contributed by atoms with Crippen LogP contribution in [-0.2, 0) is 0 Å². The van der Waals surface area contributed by atoms with Crippen LogP contribution in [0.2, 0.25) is 0 Å². The largest absolute Gasteiger partial charge is 0.323 e. The quantitative estimate of drug-likeness (QED) is 0.923. The molecule has 1 aromatic heterocycles. The van der Waals surface area contributed by atoms with E-state index in [9.17, 15) is 8.78 Å². The highest BCUT2D eigenvalue weighted by Crippen LogP contribution is 2.30. The lowest BCUT2D eigenvalue weighted by Crippen LogP contribution is -2.06. The van der Waals surface area contributed by atoms with Crippen molar-refractivity contribution in [3.63, 3.8) is 0 Å². The average molecular weight is 266 g/mol. The van der Waals surface area contributed by atoms with Crippen LogP contribution in [0.5, 0.6) is 0 Å². The lowest BCUT2D eigenvalue weighted by atomic mass is 10.2. The van der Waals surface area contributed by atoms with Crippen LogP contribution < -0.4 is 5.73 Å². The Morgan fingerprint density at radius 2 is 2.00 bits per heavy atom. The van der Waals surface area contributed by atoms with Crippen molar-refractivity contribution in [1.82, 2.24) is 4.98 Å². The van der Waals surface area contributed by atoms with Crippen molar-refractivity contribution in [3.05, 3.63) is 53.9 Å². The maximum Gasteiger partial charge on any atom is 0.137 e. The molecule has 0 saturated heterocycles. The van der Waals surface area contributed by atoms with Gasteiger partial charge in [-0.1, -0.05) is 11.8 Å². The molecule has 2 N–H and O–H groups in total. The number of hydrogen-bond donors (Lipinski definition) is 1. The van der Waals surface area contributed by atoms with Crippen LogP contribution in [0.25, 0.3) is 0 Å². The van der Waals surface area contributed by atoms with Gasteiger partial charge in [-0.25, -0.2) is 8.78 Å². The SMILES string of the molecule is C[C@H](N)c1ccc(Sc2cc(F)ccc2F)cn1. The summed E-state index contributed by atoms with van der Waals surface area (Å²) in [6.45, 7) is 1.83. The van der Waals surface area contributed by atoms with Crippen LogP contribution in [0.3, 0.4) is 0 Å². The van der Waals surface area contributed by atoms with Crippen molar-refractivity contribution < 1.29 is 8.78 Å². The van der Waals surface area contributed by atoms with E-state index >= 15 is 0 Å². The van der Waals surface area contributed by atoms with Crippen molar-refractivity contribution in [3.8, 4) is 0 Å². The third kappa shape index (κ3) is 3.05. The zero-order chi connectivity index (χ0) is 13.1. The highest BCUT2D eigenvalue weighted by Gasteiger charge is 2.07. The Morgan fingerprint density at radius 3 is 2.61 bits per heavy atom. The summed E-state index contributed by atoms with van der Waals surface area (Å²) in [4.78, 5) is 5.15. The highest BCUT2D eigenvalue weighted by molar-refractivity contribution is 7.99. The molecule has 94 valence electrons. The lowest BCUT2D eigenvalue weighted by Gasteiger charge is -2.06. The molecule has 18 heavy (non-hydrogen) atoms. The normalized spacial score (nSPS) is 12.4. The van der Waals surface area contributed by atoms with Crippen LogP contribution in [0, 0.1) is 11.6 Å².